The van der Waals surface area contributed by atoms with Crippen molar-refractivity contribution in [3.8, 4) is 0 Å². The fraction of sp³-hybridized carbons (Fsp3) is 0.891. The summed E-state index contributed by atoms with van der Waals surface area (Å²) in [5.41, 5.74) is 0. The second-order valence-electron chi connectivity index (χ2n) is 27.9. The standard InChI is InChI=1S/C64H112N4O34/c1-27(2)44(28(3)4)29(5)19-36(34(11-15-95-61(57(87)88)20-37(76)45(65-10)53(99-61)49(83)30(6)72)12-16-96-62(58(89)90)21-38(77)46(66-31(7)73)54(100-62)50(84)41(80)24-69)35(13-17-97-63(59(91)92)22-39(78)47(67-32(8)74)55(101-63)51(85)42(81)25-70)14-18-98-64(60(93)94)23-40(79)48(68-33(9)75)56(102-64)52(86)43(82)26-71/h27-30,34-56,65,69-72,76-86H,11-26H2,1-10H3,(H,66,73)(H,67,74)(H,68,75)(H,87,88)(H,89,90)(H,91,92)(H,93,94)/i6D. The van der Waals surface area contributed by atoms with E-state index in [0.717, 1.165) is 20.8 Å². The van der Waals surface area contributed by atoms with Gasteiger partial charge in [-0.2, -0.15) is 0 Å². The van der Waals surface area contributed by atoms with Gasteiger partial charge in [-0.15, -0.1) is 0 Å². The summed E-state index contributed by atoms with van der Waals surface area (Å²) in [6.07, 6.45) is -37.6. The van der Waals surface area contributed by atoms with Crippen LogP contribution in [0, 0.1) is 41.4 Å². The lowest BCUT2D eigenvalue weighted by Crippen LogP contribution is -2.68. The number of aliphatic carboxylic acids is 4. The summed E-state index contributed by atoms with van der Waals surface area (Å²) < 4.78 is 56.2. The molecule has 4 aliphatic rings. The molecule has 4 rings (SSSR count). The first-order chi connectivity index (χ1) is 48.0. The molecule has 0 bridgehead atoms. The smallest absolute Gasteiger partial charge is 0.364 e. The molecule has 23 N–H and O–H groups in total. The SMILES string of the molecule is [2H]CC(O)C(O)C1OC(OCCC(CCOC2(C(=O)O)CC(O)C(NC(C)=O)C(C(O)C(O)CO)O2)C(CC(C)C(C(C)C)C(C)C)C(CCOC2(C(=O)O)CC(O)C(NC(C)=O)C(C(O)C(O)CO)O2)CCOC2(C(=O)O)CC(O)C(NC(C)=O)C(C(O)C(O)CO)O2)(C(=O)O)CC(O)C1NC. The van der Waals surface area contributed by atoms with Crippen LogP contribution in [0.25, 0.3) is 0 Å². The molecule has 102 heavy (non-hydrogen) atoms. The van der Waals surface area contributed by atoms with Crippen molar-refractivity contribution in [2.75, 3.05) is 53.3 Å². The van der Waals surface area contributed by atoms with Crippen molar-refractivity contribution in [2.45, 2.75) is 265 Å². The Morgan fingerprint density at radius 1 is 0.451 bits per heavy atom. The third kappa shape index (κ3) is 22.2. The van der Waals surface area contributed by atoms with E-state index in [-0.39, 0.29) is 24.2 Å². The summed E-state index contributed by atoms with van der Waals surface area (Å²) in [5, 5.41) is 217. The van der Waals surface area contributed by atoms with Crippen molar-refractivity contribution in [2.24, 2.45) is 41.4 Å². The molecule has 0 aliphatic carbocycles. The maximum absolute atomic E-state index is 13.6. The Labute approximate surface area is 590 Å². The zero-order chi connectivity index (χ0) is 78.1. The van der Waals surface area contributed by atoms with Gasteiger partial charge in [-0.05, 0) is 87.5 Å². The van der Waals surface area contributed by atoms with Gasteiger partial charge in [-0.3, -0.25) is 14.4 Å². The molecule has 4 heterocycles. The Hall–Kier alpha value is -4.67. The molecule has 3 amide bonds. The molecule has 592 valence electrons. The van der Waals surface area contributed by atoms with Crippen molar-refractivity contribution in [1.29, 1.82) is 0 Å². The van der Waals surface area contributed by atoms with Gasteiger partial charge in [-0.1, -0.05) is 34.6 Å². The molecule has 0 radical (unpaired) electrons. The third-order valence-corrected chi connectivity index (χ3v) is 19.9. The van der Waals surface area contributed by atoms with Gasteiger partial charge in [0.05, 0.1) is 101 Å². The number of carbonyl (C=O) groups excluding carboxylic acids is 3. The van der Waals surface area contributed by atoms with Crippen molar-refractivity contribution in [1.82, 2.24) is 21.3 Å². The molecule has 4 aliphatic heterocycles. The van der Waals surface area contributed by atoms with Crippen molar-refractivity contribution >= 4 is 41.6 Å². The van der Waals surface area contributed by atoms with Crippen LogP contribution in [0.15, 0.2) is 0 Å². The number of ether oxygens (including phenoxy) is 8. The minimum absolute atomic E-state index is 0.0275. The average Bonchev–Trinajstić information content (AvgIpc) is 0.788. The van der Waals surface area contributed by atoms with Crippen molar-refractivity contribution in [3.63, 3.8) is 0 Å². The van der Waals surface area contributed by atoms with Crippen LogP contribution < -0.4 is 21.3 Å². The number of hydrogen-bond donors (Lipinski definition) is 23. The fourth-order valence-corrected chi connectivity index (χ4v) is 15.0. The predicted octanol–water partition coefficient (Wildman–Crippen LogP) is -6.87. The van der Waals surface area contributed by atoms with Crippen LogP contribution in [0.2, 0.25) is 0 Å². The highest BCUT2D eigenvalue weighted by Crippen LogP contribution is 2.45. The normalized spacial score (nSPS) is 33.8. The van der Waals surface area contributed by atoms with E-state index >= 15 is 0 Å². The van der Waals surface area contributed by atoms with Crippen LogP contribution in [-0.4, -0.2) is 337 Å². The van der Waals surface area contributed by atoms with Crippen LogP contribution in [-0.2, 0) is 71.5 Å². The Bertz CT molecular complexity index is 2630. The first kappa shape index (κ1) is 88.0. The molecule has 27 atom stereocenters. The Kier molecular flexibility index (Phi) is 33.9. The van der Waals surface area contributed by atoms with E-state index in [0.29, 0.717) is 0 Å². The number of carbonyl (C=O) groups is 7. The maximum atomic E-state index is 13.6. The lowest BCUT2D eigenvalue weighted by atomic mass is 9.67. The number of aliphatic hydroxyl groups excluding tert-OH is 15. The van der Waals surface area contributed by atoms with Gasteiger partial charge in [-0.25, -0.2) is 19.2 Å². The van der Waals surface area contributed by atoms with E-state index in [1.54, 1.807) is 0 Å². The van der Waals surface area contributed by atoms with Crippen molar-refractivity contribution in [3.05, 3.63) is 0 Å². The second kappa shape index (κ2) is 39.3. The van der Waals surface area contributed by atoms with Crippen LogP contribution >= 0.6 is 0 Å². The highest BCUT2D eigenvalue weighted by atomic mass is 16.8. The van der Waals surface area contributed by atoms with Crippen LogP contribution in [0.3, 0.4) is 0 Å². The Morgan fingerprint density at radius 3 is 0.922 bits per heavy atom. The van der Waals surface area contributed by atoms with E-state index in [2.05, 4.69) is 21.3 Å². The summed E-state index contributed by atoms with van der Waals surface area (Å²) in [6, 6.07) is -6.22. The molecule has 4 fully saturated rings. The van der Waals surface area contributed by atoms with Crippen LogP contribution in [0.4, 0.5) is 0 Å². The number of nitrogens with one attached hydrogen (secondary N) is 4. The largest absolute Gasteiger partial charge is 0.477 e. The number of likely N-dealkylation sites (N-methyl/N-ethyl adjacent to an activating group) is 1. The molecule has 0 aromatic rings. The molecule has 27 unspecified atom stereocenters. The van der Waals surface area contributed by atoms with E-state index in [1.807, 2.05) is 34.6 Å². The number of hydrogen-bond acceptors (Lipinski definition) is 31. The summed E-state index contributed by atoms with van der Waals surface area (Å²) in [7, 11) is 1.34. The zero-order valence-corrected chi connectivity index (χ0v) is 58.7. The first-order valence-corrected chi connectivity index (χ1v) is 34.0. The maximum Gasteiger partial charge on any atom is 0.364 e. The topological polar surface area (TPSA) is 626 Å². The molecule has 0 saturated carbocycles. The minimum atomic E-state index is -2.99. The molecule has 0 spiro atoms. The molecule has 0 aromatic heterocycles. The average molecular weight is 1480 g/mol. The van der Waals surface area contributed by atoms with Gasteiger partial charge in [0.15, 0.2) is 0 Å². The summed E-state index contributed by atoms with van der Waals surface area (Å²) >= 11 is 0. The van der Waals surface area contributed by atoms with E-state index in [9.17, 15) is 131 Å². The van der Waals surface area contributed by atoms with E-state index in [4.69, 9.17) is 39.3 Å². The van der Waals surface area contributed by atoms with Gasteiger partial charge in [0.25, 0.3) is 23.1 Å². The van der Waals surface area contributed by atoms with Crippen molar-refractivity contribution < 1.29 is 170 Å². The predicted molar refractivity (Wildman–Crippen MR) is 344 cm³/mol. The highest BCUT2D eigenvalue weighted by molar-refractivity contribution is 5.78. The second-order valence-corrected chi connectivity index (χ2v) is 27.9. The fourth-order valence-electron chi connectivity index (χ4n) is 15.0. The van der Waals surface area contributed by atoms with Crippen LogP contribution in [0.5, 0.6) is 0 Å². The highest BCUT2D eigenvalue weighted by Gasteiger charge is 2.60. The molecule has 38 heteroatoms. The Balaban J connectivity index is 2.08. The molecule has 0 aromatic carbocycles. The summed E-state index contributed by atoms with van der Waals surface area (Å²) in [5.74, 6) is -26.1. The first-order valence-electron chi connectivity index (χ1n) is 34.7. The molecule has 4 saturated heterocycles. The van der Waals surface area contributed by atoms with E-state index < -0.39 is 315 Å². The number of amides is 3. The number of rotatable bonds is 42. The minimum Gasteiger partial charge on any atom is -0.477 e. The van der Waals surface area contributed by atoms with Gasteiger partial charge < -0.3 is 156 Å². The monoisotopic (exact) mass is 1480 g/mol. The Morgan fingerprint density at radius 2 is 0.706 bits per heavy atom. The third-order valence-electron chi connectivity index (χ3n) is 19.9. The number of carboxylic acids is 4. The lowest BCUT2D eigenvalue weighted by Gasteiger charge is -2.47. The van der Waals surface area contributed by atoms with E-state index in [1.165, 1.54) is 7.05 Å². The lowest BCUT2D eigenvalue weighted by molar-refractivity contribution is -0.315. The van der Waals surface area contributed by atoms with Gasteiger partial charge in [0.2, 0.25) is 17.7 Å². The van der Waals surface area contributed by atoms with Gasteiger partial charge in [0, 0.05) is 47.8 Å². The van der Waals surface area contributed by atoms with Crippen LogP contribution in [0.1, 0.15) is 121 Å². The van der Waals surface area contributed by atoms with Gasteiger partial charge in [0.1, 0.15) is 67.1 Å². The number of carboxylic acid groups (broad SMARTS) is 4. The summed E-state index contributed by atoms with van der Waals surface area (Å²) in [4.78, 5) is 91.8. The van der Waals surface area contributed by atoms with Gasteiger partial charge >= 0.3 is 23.9 Å². The molecule has 38 nitrogen and oxygen atoms in total. The summed E-state index contributed by atoms with van der Waals surface area (Å²) in [6.45, 7) is 5.36. The molecular weight excluding hydrogens is 1370 g/mol. The number of aliphatic hydroxyl groups is 15. The molecular formula is C64H112N4O34. The quantitative estimate of drug-likeness (QED) is 0.0270. The zero-order valence-electron chi connectivity index (χ0n) is 59.7.